The first-order valence-corrected chi connectivity index (χ1v) is 10.6. The third-order valence-electron chi connectivity index (χ3n) is 5.78. The van der Waals surface area contributed by atoms with Gasteiger partial charge in [0.1, 0.15) is 11.6 Å². The summed E-state index contributed by atoms with van der Waals surface area (Å²) in [5.41, 5.74) is 2.53. The first-order valence-electron chi connectivity index (χ1n) is 10.6. The maximum absolute atomic E-state index is 14.5. The quantitative estimate of drug-likeness (QED) is 0.461. The molecule has 1 fully saturated rings. The minimum atomic E-state index is -0.274. The highest BCUT2D eigenvalue weighted by Gasteiger charge is 2.22. The molecular weight excluding hydrogens is 337 g/mol. The van der Waals surface area contributed by atoms with Gasteiger partial charge in [-0.25, -0.2) is 4.39 Å². The minimum Gasteiger partial charge on any atom is -0.493 e. The predicted octanol–water partition coefficient (Wildman–Crippen LogP) is 7.14. The summed E-state index contributed by atoms with van der Waals surface area (Å²) in [6.07, 6.45) is 11.8. The van der Waals surface area contributed by atoms with Gasteiger partial charge < -0.3 is 4.74 Å². The normalized spacial score (nSPS) is 19.8. The van der Waals surface area contributed by atoms with Crippen LogP contribution in [0.2, 0.25) is 0 Å². The molecule has 0 N–H and O–H groups in total. The SMILES string of the molecule is CCCCOc1ccc(-c2ccc(C3CCC(CCC)CC3)cn2)c(F)c1. The summed E-state index contributed by atoms with van der Waals surface area (Å²) >= 11 is 0. The second-order valence-electron chi connectivity index (χ2n) is 7.83. The molecule has 146 valence electrons. The molecule has 1 saturated carbocycles. The van der Waals surface area contributed by atoms with Gasteiger partial charge in [0.25, 0.3) is 0 Å². The summed E-state index contributed by atoms with van der Waals surface area (Å²) in [5, 5.41) is 0. The Morgan fingerprint density at radius 1 is 1.04 bits per heavy atom. The van der Waals surface area contributed by atoms with E-state index in [2.05, 4.69) is 24.9 Å². The number of benzene rings is 1. The zero-order valence-electron chi connectivity index (χ0n) is 16.7. The average Bonchev–Trinajstić information content (AvgIpc) is 2.69. The summed E-state index contributed by atoms with van der Waals surface area (Å²) in [6.45, 7) is 5.01. The molecule has 0 spiro atoms. The van der Waals surface area contributed by atoms with Crippen LogP contribution in [0.5, 0.6) is 5.75 Å². The summed E-state index contributed by atoms with van der Waals surface area (Å²) in [6, 6.07) is 9.17. The highest BCUT2D eigenvalue weighted by Crippen LogP contribution is 2.37. The van der Waals surface area contributed by atoms with Crippen LogP contribution in [0.1, 0.15) is 76.7 Å². The Hall–Kier alpha value is -1.90. The number of halogens is 1. The number of pyridine rings is 1. The Labute approximate surface area is 163 Å². The lowest BCUT2D eigenvalue weighted by atomic mass is 9.77. The van der Waals surface area contributed by atoms with Gasteiger partial charge >= 0.3 is 0 Å². The Kier molecular flexibility index (Phi) is 7.25. The van der Waals surface area contributed by atoms with Crippen LogP contribution in [0.3, 0.4) is 0 Å². The van der Waals surface area contributed by atoms with E-state index in [4.69, 9.17) is 4.74 Å². The van der Waals surface area contributed by atoms with Crippen molar-refractivity contribution < 1.29 is 9.13 Å². The molecule has 2 nitrogen and oxygen atoms in total. The summed E-state index contributed by atoms with van der Waals surface area (Å²) < 4.78 is 20.1. The van der Waals surface area contributed by atoms with E-state index in [1.165, 1.54) is 50.2 Å². The molecule has 0 amide bonds. The molecule has 3 heteroatoms. The van der Waals surface area contributed by atoms with Gasteiger partial charge in [0, 0.05) is 17.8 Å². The fraction of sp³-hybridized carbons (Fsp3) is 0.542. The molecule has 1 aliphatic rings. The van der Waals surface area contributed by atoms with Crippen LogP contribution < -0.4 is 4.74 Å². The van der Waals surface area contributed by atoms with Crippen LogP contribution in [-0.2, 0) is 0 Å². The highest BCUT2D eigenvalue weighted by atomic mass is 19.1. The topological polar surface area (TPSA) is 22.1 Å². The molecule has 3 rings (SSSR count). The van der Waals surface area contributed by atoms with Gasteiger partial charge in [0.05, 0.1) is 12.3 Å². The molecule has 0 radical (unpaired) electrons. The maximum Gasteiger partial charge on any atom is 0.136 e. The number of hydrogen-bond donors (Lipinski definition) is 0. The molecule has 0 saturated heterocycles. The maximum atomic E-state index is 14.5. The third-order valence-corrected chi connectivity index (χ3v) is 5.78. The third kappa shape index (κ3) is 5.31. The molecule has 1 aromatic heterocycles. The van der Waals surface area contributed by atoms with Crippen LogP contribution in [-0.4, -0.2) is 11.6 Å². The first-order chi connectivity index (χ1) is 13.2. The number of nitrogens with zero attached hydrogens (tertiary/aromatic N) is 1. The summed E-state index contributed by atoms with van der Waals surface area (Å²) in [4.78, 5) is 4.56. The fourth-order valence-corrected chi connectivity index (χ4v) is 4.13. The second kappa shape index (κ2) is 9.87. The zero-order chi connectivity index (χ0) is 19.1. The predicted molar refractivity (Wildman–Crippen MR) is 110 cm³/mol. The minimum absolute atomic E-state index is 0.274. The van der Waals surface area contributed by atoms with Crippen molar-refractivity contribution in [3.63, 3.8) is 0 Å². The lowest BCUT2D eigenvalue weighted by Crippen LogP contribution is -2.13. The van der Waals surface area contributed by atoms with E-state index in [0.717, 1.165) is 18.8 Å². The van der Waals surface area contributed by atoms with Crippen LogP contribution in [0.4, 0.5) is 4.39 Å². The second-order valence-corrected chi connectivity index (χ2v) is 7.83. The number of hydrogen-bond acceptors (Lipinski definition) is 2. The van der Waals surface area contributed by atoms with Crippen LogP contribution in [0.15, 0.2) is 36.5 Å². The van der Waals surface area contributed by atoms with Crippen molar-refractivity contribution in [3.05, 3.63) is 47.9 Å². The van der Waals surface area contributed by atoms with Crippen molar-refractivity contribution in [1.82, 2.24) is 4.98 Å². The van der Waals surface area contributed by atoms with E-state index in [0.29, 0.717) is 29.5 Å². The molecule has 1 heterocycles. The monoisotopic (exact) mass is 369 g/mol. The van der Waals surface area contributed by atoms with Crippen molar-refractivity contribution in [1.29, 1.82) is 0 Å². The number of rotatable bonds is 8. The average molecular weight is 370 g/mol. The Bertz CT molecular complexity index is 705. The standard InChI is InChI=1S/C24H32FNO/c1-3-5-15-27-21-12-13-22(23(25)16-21)24-14-11-20(17-26-24)19-9-7-18(6-4-2)8-10-19/h11-14,16-19H,3-10,15H2,1-2H3. The molecule has 1 aliphatic carbocycles. The fourth-order valence-electron chi connectivity index (χ4n) is 4.13. The van der Waals surface area contributed by atoms with Crippen molar-refractivity contribution in [2.24, 2.45) is 5.92 Å². The number of ether oxygens (including phenoxy) is 1. The van der Waals surface area contributed by atoms with E-state index in [-0.39, 0.29) is 5.82 Å². The molecule has 0 aliphatic heterocycles. The molecule has 0 atom stereocenters. The van der Waals surface area contributed by atoms with Crippen LogP contribution >= 0.6 is 0 Å². The molecule has 0 unspecified atom stereocenters. The molecule has 1 aromatic carbocycles. The van der Waals surface area contributed by atoms with Crippen molar-refractivity contribution in [2.45, 2.75) is 71.1 Å². The zero-order valence-corrected chi connectivity index (χ0v) is 16.7. The van der Waals surface area contributed by atoms with Gasteiger partial charge in [0.2, 0.25) is 0 Å². The molecule has 0 bridgehead atoms. The Morgan fingerprint density at radius 3 is 2.48 bits per heavy atom. The summed E-state index contributed by atoms with van der Waals surface area (Å²) in [5.74, 6) is 1.83. The van der Waals surface area contributed by atoms with Crippen molar-refractivity contribution in [2.75, 3.05) is 6.61 Å². The Morgan fingerprint density at radius 2 is 1.85 bits per heavy atom. The van der Waals surface area contributed by atoms with Gasteiger partial charge in [-0.3, -0.25) is 4.98 Å². The molecular formula is C24H32FNO. The van der Waals surface area contributed by atoms with E-state index in [9.17, 15) is 4.39 Å². The molecule has 2 aromatic rings. The van der Waals surface area contributed by atoms with Gasteiger partial charge in [-0.15, -0.1) is 0 Å². The van der Waals surface area contributed by atoms with Crippen LogP contribution in [0, 0.1) is 11.7 Å². The highest BCUT2D eigenvalue weighted by molar-refractivity contribution is 5.61. The number of aromatic nitrogens is 1. The van der Waals surface area contributed by atoms with E-state index >= 15 is 0 Å². The van der Waals surface area contributed by atoms with Crippen LogP contribution in [0.25, 0.3) is 11.3 Å². The van der Waals surface area contributed by atoms with Gasteiger partial charge in [-0.05, 0) is 67.7 Å². The van der Waals surface area contributed by atoms with E-state index in [1.54, 1.807) is 6.07 Å². The van der Waals surface area contributed by atoms with Gasteiger partial charge in [0.15, 0.2) is 0 Å². The smallest absolute Gasteiger partial charge is 0.136 e. The molecule has 27 heavy (non-hydrogen) atoms. The van der Waals surface area contributed by atoms with E-state index < -0.39 is 0 Å². The van der Waals surface area contributed by atoms with E-state index in [1.807, 2.05) is 18.3 Å². The van der Waals surface area contributed by atoms with Gasteiger partial charge in [-0.1, -0.05) is 39.2 Å². The Balaban J connectivity index is 1.63. The lowest BCUT2D eigenvalue weighted by molar-refractivity contribution is 0.308. The summed E-state index contributed by atoms with van der Waals surface area (Å²) in [7, 11) is 0. The van der Waals surface area contributed by atoms with Crippen molar-refractivity contribution in [3.8, 4) is 17.0 Å². The largest absolute Gasteiger partial charge is 0.493 e. The van der Waals surface area contributed by atoms with Gasteiger partial charge in [-0.2, -0.15) is 0 Å². The van der Waals surface area contributed by atoms with Crippen molar-refractivity contribution >= 4 is 0 Å². The lowest BCUT2D eigenvalue weighted by Gasteiger charge is -2.28. The first kappa shape index (κ1) is 19.9. The number of unbranched alkanes of at least 4 members (excludes halogenated alkanes) is 1.